The molecule has 0 aliphatic carbocycles. The molecule has 4 nitrogen and oxygen atoms in total. The molecule has 0 bridgehead atoms. The minimum atomic E-state index is -0.208. The number of nitrogens with zero attached hydrogens (tertiary/aromatic N) is 3. The van der Waals surface area contributed by atoms with E-state index >= 15 is 0 Å². The molecule has 0 spiro atoms. The van der Waals surface area contributed by atoms with Gasteiger partial charge in [-0.2, -0.15) is 0 Å². The van der Waals surface area contributed by atoms with Gasteiger partial charge in [-0.1, -0.05) is 0 Å². The van der Waals surface area contributed by atoms with Crippen molar-refractivity contribution >= 4 is 49.0 Å². The molecule has 0 aromatic carbocycles. The van der Waals surface area contributed by atoms with E-state index in [1.54, 1.807) is 5.38 Å². The number of hydrogen-bond donors (Lipinski definition) is 0. The number of carbonyl (C=O) groups is 1. The molecular formula is C8H3Br2N3OS. The fourth-order valence-electron chi connectivity index (χ4n) is 0.939. The van der Waals surface area contributed by atoms with Crippen molar-refractivity contribution in [3.63, 3.8) is 0 Å². The van der Waals surface area contributed by atoms with Crippen LogP contribution in [0.1, 0.15) is 15.5 Å². The Hall–Kier alpha value is -0.660. The van der Waals surface area contributed by atoms with Gasteiger partial charge in [0.15, 0.2) is 5.01 Å². The van der Waals surface area contributed by atoms with Gasteiger partial charge in [-0.05, 0) is 31.9 Å². The van der Waals surface area contributed by atoms with Crippen molar-refractivity contribution in [3.05, 3.63) is 37.7 Å². The molecular weight excluding hydrogens is 346 g/mol. The zero-order valence-electron chi connectivity index (χ0n) is 7.15. The fraction of sp³-hybridized carbons (Fsp3) is 0. The summed E-state index contributed by atoms with van der Waals surface area (Å²) in [7, 11) is 0. The molecule has 0 saturated carbocycles. The van der Waals surface area contributed by atoms with Gasteiger partial charge in [0.05, 0.1) is 4.47 Å². The van der Waals surface area contributed by atoms with E-state index in [2.05, 4.69) is 46.8 Å². The number of halogens is 2. The fourth-order valence-corrected chi connectivity index (χ4v) is 2.53. The van der Waals surface area contributed by atoms with Crippen LogP contribution in [0, 0.1) is 0 Å². The standard InChI is InChI=1S/C8H3Br2N3OS/c9-4-1-11-3-12-6(4)7(14)8-13-5(10)2-15-8/h1-3H. The van der Waals surface area contributed by atoms with Gasteiger partial charge in [0.1, 0.15) is 16.6 Å². The van der Waals surface area contributed by atoms with Crippen molar-refractivity contribution < 1.29 is 4.79 Å². The quantitative estimate of drug-likeness (QED) is 0.783. The molecule has 0 radical (unpaired) electrons. The number of ketones is 1. The third-order valence-electron chi connectivity index (χ3n) is 1.55. The Labute approximate surface area is 106 Å². The molecule has 0 aliphatic heterocycles. The number of rotatable bonds is 2. The largest absolute Gasteiger partial charge is 0.284 e. The lowest BCUT2D eigenvalue weighted by Crippen LogP contribution is -2.04. The van der Waals surface area contributed by atoms with Crippen LogP contribution in [-0.4, -0.2) is 20.7 Å². The molecule has 2 aromatic heterocycles. The van der Waals surface area contributed by atoms with Crippen LogP contribution in [0.2, 0.25) is 0 Å². The Kier molecular flexibility index (Phi) is 3.22. The average molecular weight is 349 g/mol. The third-order valence-corrected chi connectivity index (χ3v) is 3.68. The second kappa shape index (κ2) is 4.46. The van der Waals surface area contributed by atoms with Crippen molar-refractivity contribution in [3.8, 4) is 0 Å². The molecule has 76 valence electrons. The molecule has 7 heteroatoms. The molecule has 0 aliphatic rings. The summed E-state index contributed by atoms with van der Waals surface area (Å²) >= 11 is 7.69. The summed E-state index contributed by atoms with van der Waals surface area (Å²) in [5.74, 6) is -0.208. The highest BCUT2D eigenvalue weighted by Gasteiger charge is 2.17. The Morgan fingerprint density at radius 1 is 1.40 bits per heavy atom. The first-order valence-corrected chi connectivity index (χ1v) is 6.26. The Morgan fingerprint density at radius 2 is 2.20 bits per heavy atom. The van der Waals surface area contributed by atoms with Crippen LogP contribution in [0.25, 0.3) is 0 Å². The smallest absolute Gasteiger partial charge is 0.241 e. The highest BCUT2D eigenvalue weighted by atomic mass is 79.9. The minimum Gasteiger partial charge on any atom is -0.284 e. The van der Waals surface area contributed by atoms with Crippen molar-refractivity contribution in [2.45, 2.75) is 0 Å². The van der Waals surface area contributed by atoms with Crippen molar-refractivity contribution in [1.29, 1.82) is 0 Å². The van der Waals surface area contributed by atoms with Gasteiger partial charge >= 0.3 is 0 Å². The van der Waals surface area contributed by atoms with Crippen LogP contribution in [0.15, 0.2) is 27.0 Å². The van der Waals surface area contributed by atoms with Crippen molar-refractivity contribution in [2.75, 3.05) is 0 Å². The number of hydrogen-bond acceptors (Lipinski definition) is 5. The summed E-state index contributed by atoms with van der Waals surface area (Å²) in [6.07, 6.45) is 2.86. The normalized spacial score (nSPS) is 10.3. The molecule has 2 rings (SSSR count). The monoisotopic (exact) mass is 347 g/mol. The van der Waals surface area contributed by atoms with E-state index < -0.39 is 0 Å². The SMILES string of the molecule is O=C(c1nc(Br)cs1)c1ncncc1Br. The molecule has 0 N–H and O–H groups in total. The van der Waals surface area contributed by atoms with Crippen LogP contribution in [0.3, 0.4) is 0 Å². The number of thiazole rings is 1. The van der Waals surface area contributed by atoms with Crippen molar-refractivity contribution in [1.82, 2.24) is 15.0 Å². The third kappa shape index (κ3) is 2.30. The van der Waals surface area contributed by atoms with Crippen LogP contribution >= 0.6 is 43.2 Å². The molecule has 15 heavy (non-hydrogen) atoms. The molecule has 2 heterocycles. The maximum Gasteiger partial charge on any atom is 0.241 e. The van der Waals surface area contributed by atoms with Gasteiger partial charge in [0.2, 0.25) is 5.78 Å². The Balaban J connectivity index is 2.41. The molecule has 0 atom stereocenters. The zero-order valence-corrected chi connectivity index (χ0v) is 11.1. The van der Waals surface area contributed by atoms with Crippen LogP contribution in [-0.2, 0) is 0 Å². The lowest BCUT2D eigenvalue weighted by atomic mass is 10.3. The van der Waals surface area contributed by atoms with Crippen LogP contribution < -0.4 is 0 Å². The van der Waals surface area contributed by atoms with E-state index in [4.69, 9.17) is 0 Å². The zero-order chi connectivity index (χ0) is 10.8. The topological polar surface area (TPSA) is 55.7 Å². The first-order chi connectivity index (χ1) is 7.18. The summed E-state index contributed by atoms with van der Waals surface area (Å²) < 4.78 is 1.22. The summed E-state index contributed by atoms with van der Waals surface area (Å²) in [6, 6.07) is 0. The van der Waals surface area contributed by atoms with E-state index in [0.717, 1.165) is 0 Å². The molecule has 0 unspecified atom stereocenters. The molecule has 2 aromatic rings. The number of carbonyl (C=O) groups excluding carboxylic acids is 1. The van der Waals surface area contributed by atoms with E-state index in [9.17, 15) is 4.79 Å². The average Bonchev–Trinajstić information content (AvgIpc) is 2.65. The van der Waals surface area contributed by atoms with Gasteiger partial charge in [-0.3, -0.25) is 4.79 Å². The Morgan fingerprint density at radius 3 is 2.80 bits per heavy atom. The van der Waals surface area contributed by atoms with E-state index in [0.29, 0.717) is 19.8 Å². The van der Waals surface area contributed by atoms with E-state index in [1.165, 1.54) is 23.9 Å². The van der Waals surface area contributed by atoms with Gasteiger partial charge in [-0.25, -0.2) is 15.0 Å². The summed E-state index contributed by atoms with van der Waals surface area (Å²) in [6.45, 7) is 0. The minimum absolute atomic E-state index is 0.208. The predicted octanol–water partition coefficient (Wildman–Crippen LogP) is 2.69. The lowest BCUT2D eigenvalue weighted by molar-refractivity contribution is 0.103. The first kappa shape index (κ1) is 10.8. The van der Waals surface area contributed by atoms with E-state index in [-0.39, 0.29) is 5.78 Å². The van der Waals surface area contributed by atoms with Gasteiger partial charge in [0, 0.05) is 11.6 Å². The van der Waals surface area contributed by atoms with Gasteiger partial charge in [-0.15, -0.1) is 11.3 Å². The summed E-state index contributed by atoms with van der Waals surface area (Å²) in [5.41, 5.74) is 0.326. The molecule has 0 amide bonds. The van der Waals surface area contributed by atoms with Crippen molar-refractivity contribution in [2.24, 2.45) is 0 Å². The second-order valence-electron chi connectivity index (χ2n) is 2.52. The Bertz CT molecular complexity index is 514. The predicted molar refractivity (Wildman–Crippen MR) is 63.0 cm³/mol. The van der Waals surface area contributed by atoms with Crippen LogP contribution in [0.5, 0.6) is 0 Å². The molecule has 0 fully saturated rings. The van der Waals surface area contributed by atoms with Gasteiger partial charge in [0.25, 0.3) is 0 Å². The van der Waals surface area contributed by atoms with E-state index in [1.807, 2.05) is 0 Å². The lowest BCUT2D eigenvalue weighted by Gasteiger charge is -1.97. The van der Waals surface area contributed by atoms with Gasteiger partial charge < -0.3 is 0 Å². The molecule has 0 saturated heterocycles. The first-order valence-electron chi connectivity index (χ1n) is 3.79. The van der Waals surface area contributed by atoms with Crippen LogP contribution in [0.4, 0.5) is 0 Å². The highest BCUT2D eigenvalue weighted by Crippen LogP contribution is 2.20. The second-order valence-corrected chi connectivity index (χ2v) is 5.05. The maximum absolute atomic E-state index is 11.9. The summed E-state index contributed by atoms with van der Waals surface area (Å²) in [4.78, 5) is 23.6. The maximum atomic E-state index is 11.9. The summed E-state index contributed by atoms with van der Waals surface area (Å²) in [5, 5.41) is 2.16. The highest BCUT2D eigenvalue weighted by molar-refractivity contribution is 9.10. The number of aromatic nitrogens is 3.